The van der Waals surface area contributed by atoms with E-state index >= 15 is 0 Å². The van der Waals surface area contributed by atoms with Crippen molar-refractivity contribution < 1.29 is 9.47 Å². The second kappa shape index (κ2) is 5.25. The zero-order valence-corrected chi connectivity index (χ0v) is 8.76. The fraction of sp³-hybridized carbons (Fsp3) is 0.700. The van der Waals surface area contributed by atoms with Crippen LogP contribution in [0.1, 0.15) is 5.69 Å². The fourth-order valence-electron chi connectivity index (χ4n) is 1.73. The van der Waals surface area contributed by atoms with E-state index in [0.29, 0.717) is 26.4 Å². The predicted octanol–water partition coefficient (Wildman–Crippen LogP) is -0.200. The van der Waals surface area contributed by atoms with Crippen molar-refractivity contribution in [3.63, 3.8) is 0 Å². The topological polar surface area (TPSA) is 62.3 Å². The standard InChI is InChI=1S/C10H17N3O2/c11-2-1-9-5-12-8-13(9)6-10-7-14-3-4-15-10/h5,8,10H,1-4,6-7,11H2. The molecule has 1 unspecified atom stereocenters. The molecule has 1 aliphatic rings. The van der Waals surface area contributed by atoms with Crippen LogP contribution in [0.25, 0.3) is 0 Å². The molecular formula is C10H17N3O2. The number of ether oxygens (including phenoxy) is 2. The molecule has 84 valence electrons. The minimum absolute atomic E-state index is 0.143. The number of imidazole rings is 1. The molecule has 1 fully saturated rings. The van der Waals surface area contributed by atoms with Crippen molar-refractivity contribution in [2.75, 3.05) is 26.4 Å². The van der Waals surface area contributed by atoms with Gasteiger partial charge < -0.3 is 19.8 Å². The Kier molecular flexibility index (Phi) is 3.71. The molecule has 1 atom stereocenters. The van der Waals surface area contributed by atoms with E-state index in [1.807, 2.05) is 12.5 Å². The first-order valence-electron chi connectivity index (χ1n) is 5.28. The van der Waals surface area contributed by atoms with Crippen LogP contribution in [-0.4, -0.2) is 42.0 Å². The molecule has 0 radical (unpaired) electrons. The van der Waals surface area contributed by atoms with Crippen LogP contribution in [0.3, 0.4) is 0 Å². The number of rotatable bonds is 4. The summed E-state index contributed by atoms with van der Waals surface area (Å²) in [5.74, 6) is 0. The van der Waals surface area contributed by atoms with E-state index in [2.05, 4.69) is 9.55 Å². The van der Waals surface area contributed by atoms with Crippen molar-refractivity contribution in [3.8, 4) is 0 Å². The third-order valence-electron chi connectivity index (χ3n) is 2.48. The Morgan fingerprint density at radius 2 is 2.47 bits per heavy atom. The maximum Gasteiger partial charge on any atom is 0.0988 e. The monoisotopic (exact) mass is 211 g/mol. The molecule has 1 aliphatic heterocycles. The van der Waals surface area contributed by atoms with Crippen molar-refractivity contribution in [2.24, 2.45) is 5.73 Å². The van der Waals surface area contributed by atoms with Crippen LogP contribution in [0.5, 0.6) is 0 Å². The summed E-state index contributed by atoms with van der Waals surface area (Å²) in [5, 5.41) is 0. The van der Waals surface area contributed by atoms with Gasteiger partial charge in [0.1, 0.15) is 0 Å². The van der Waals surface area contributed by atoms with Crippen molar-refractivity contribution >= 4 is 0 Å². The number of nitrogens with two attached hydrogens (primary N) is 1. The summed E-state index contributed by atoms with van der Waals surface area (Å²) in [4.78, 5) is 4.12. The lowest BCUT2D eigenvalue weighted by Crippen LogP contribution is -2.32. The minimum atomic E-state index is 0.143. The van der Waals surface area contributed by atoms with Gasteiger partial charge in [0.05, 0.1) is 38.8 Å². The molecule has 0 saturated carbocycles. The number of hydrogen-bond acceptors (Lipinski definition) is 4. The van der Waals surface area contributed by atoms with Crippen LogP contribution in [0.15, 0.2) is 12.5 Å². The van der Waals surface area contributed by atoms with Crippen molar-refractivity contribution in [1.29, 1.82) is 0 Å². The highest BCUT2D eigenvalue weighted by Gasteiger charge is 2.15. The lowest BCUT2D eigenvalue weighted by atomic mass is 10.3. The molecule has 2 N–H and O–H groups in total. The molecule has 1 saturated heterocycles. The molecule has 5 nitrogen and oxygen atoms in total. The Bertz CT molecular complexity index is 295. The lowest BCUT2D eigenvalue weighted by molar-refractivity contribution is -0.0937. The first-order valence-corrected chi connectivity index (χ1v) is 5.28. The van der Waals surface area contributed by atoms with Crippen LogP contribution < -0.4 is 5.73 Å². The molecule has 0 amide bonds. The Balaban J connectivity index is 1.93. The van der Waals surface area contributed by atoms with E-state index < -0.39 is 0 Å². The molecule has 2 heterocycles. The summed E-state index contributed by atoms with van der Waals surface area (Å²) in [5.41, 5.74) is 6.68. The quantitative estimate of drug-likeness (QED) is 0.749. The third kappa shape index (κ3) is 2.77. The predicted molar refractivity (Wildman–Crippen MR) is 55.5 cm³/mol. The normalized spacial score (nSPS) is 21.8. The number of aromatic nitrogens is 2. The summed E-state index contributed by atoms with van der Waals surface area (Å²) >= 11 is 0. The van der Waals surface area contributed by atoms with Gasteiger partial charge in [-0.3, -0.25) is 0 Å². The van der Waals surface area contributed by atoms with Crippen molar-refractivity contribution in [3.05, 3.63) is 18.2 Å². The molecule has 5 heteroatoms. The first-order chi connectivity index (χ1) is 7.40. The molecule has 0 aliphatic carbocycles. The van der Waals surface area contributed by atoms with Crippen LogP contribution in [0.2, 0.25) is 0 Å². The van der Waals surface area contributed by atoms with Gasteiger partial charge in [-0.05, 0) is 6.54 Å². The van der Waals surface area contributed by atoms with Crippen molar-refractivity contribution in [1.82, 2.24) is 9.55 Å². The van der Waals surface area contributed by atoms with Gasteiger partial charge in [0.25, 0.3) is 0 Å². The average molecular weight is 211 g/mol. The molecule has 1 aromatic rings. The van der Waals surface area contributed by atoms with E-state index in [4.69, 9.17) is 15.2 Å². The van der Waals surface area contributed by atoms with Gasteiger partial charge in [0, 0.05) is 18.3 Å². The van der Waals surface area contributed by atoms with Gasteiger partial charge in [-0.2, -0.15) is 0 Å². The number of hydrogen-bond donors (Lipinski definition) is 1. The summed E-state index contributed by atoms with van der Waals surface area (Å²) in [6, 6.07) is 0. The summed E-state index contributed by atoms with van der Waals surface area (Å²) in [6.07, 6.45) is 4.68. The van der Waals surface area contributed by atoms with E-state index in [-0.39, 0.29) is 6.10 Å². The highest BCUT2D eigenvalue weighted by Crippen LogP contribution is 2.07. The Labute approximate surface area is 89.2 Å². The molecule has 0 bridgehead atoms. The SMILES string of the molecule is NCCc1cncn1CC1COCCO1. The van der Waals surface area contributed by atoms with E-state index in [1.54, 1.807) is 0 Å². The first kappa shape index (κ1) is 10.6. The maximum atomic E-state index is 5.58. The Morgan fingerprint density at radius 3 is 3.20 bits per heavy atom. The van der Waals surface area contributed by atoms with Crippen LogP contribution >= 0.6 is 0 Å². The molecule has 15 heavy (non-hydrogen) atoms. The maximum absolute atomic E-state index is 5.58. The molecule has 0 spiro atoms. The summed E-state index contributed by atoms with van der Waals surface area (Å²) < 4.78 is 13.0. The van der Waals surface area contributed by atoms with Crippen LogP contribution in [0, 0.1) is 0 Å². The molecule has 0 aromatic carbocycles. The van der Waals surface area contributed by atoms with E-state index in [0.717, 1.165) is 18.7 Å². The van der Waals surface area contributed by atoms with Gasteiger partial charge in [0.15, 0.2) is 0 Å². The fourth-order valence-corrected chi connectivity index (χ4v) is 1.73. The molecule has 1 aromatic heterocycles. The van der Waals surface area contributed by atoms with Crippen LogP contribution in [0.4, 0.5) is 0 Å². The highest BCUT2D eigenvalue weighted by atomic mass is 16.6. The highest BCUT2D eigenvalue weighted by molar-refractivity contribution is 4.99. The second-order valence-electron chi connectivity index (χ2n) is 3.64. The lowest BCUT2D eigenvalue weighted by Gasteiger charge is -2.23. The molecule has 2 rings (SSSR count). The van der Waals surface area contributed by atoms with Gasteiger partial charge >= 0.3 is 0 Å². The largest absolute Gasteiger partial charge is 0.376 e. The van der Waals surface area contributed by atoms with E-state index in [1.165, 1.54) is 0 Å². The van der Waals surface area contributed by atoms with Gasteiger partial charge in [-0.15, -0.1) is 0 Å². The molecular weight excluding hydrogens is 194 g/mol. The smallest absolute Gasteiger partial charge is 0.0988 e. The zero-order valence-electron chi connectivity index (χ0n) is 8.76. The number of nitrogens with zero attached hydrogens (tertiary/aromatic N) is 2. The van der Waals surface area contributed by atoms with E-state index in [9.17, 15) is 0 Å². The second-order valence-corrected chi connectivity index (χ2v) is 3.64. The summed E-state index contributed by atoms with van der Waals surface area (Å²) in [7, 11) is 0. The zero-order chi connectivity index (χ0) is 10.5. The Hall–Kier alpha value is -0.910. The minimum Gasteiger partial charge on any atom is -0.376 e. The van der Waals surface area contributed by atoms with Crippen LogP contribution in [-0.2, 0) is 22.4 Å². The average Bonchev–Trinajstić information content (AvgIpc) is 2.68. The van der Waals surface area contributed by atoms with Gasteiger partial charge in [0.2, 0.25) is 0 Å². The Morgan fingerprint density at radius 1 is 1.53 bits per heavy atom. The van der Waals surface area contributed by atoms with Crippen molar-refractivity contribution in [2.45, 2.75) is 19.1 Å². The van der Waals surface area contributed by atoms with Gasteiger partial charge in [-0.1, -0.05) is 0 Å². The van der Waals surface area contributed by atoms with Gasteiger partial charge in [-0.25, -0.2) is 4.98 Å². The summed E-state index contributed by atoms with van der Waals surface area (Å²) in [6.45, 7) is 3.50. The third-order valence-corrected chi connectivity index (χ3v) is 2.48.